The second-order valence-electron chi connectivity index (χ2n) is 3.44. The van der Waals surface area contributed by atoms with Gasteiger partial charge in [0, 0.05) is 13.2 Å². The summed E-state index contributed by atoms with van der Waals surface area (Å²) in [5, 5.41) is 12.6. The number of aliphatic hydroxyl groups excluding tert-OH is 1. The molecule has 2 N–H and O–H groups in total. The first kappa shape index (κ1) is 10.9. The molecule has 1 saturated heterocycles. The summed E-state index contributed by atoms with van der Waals surface area (Å²) in [6.45, 7) is 2.50. The van der Waals surface area contributed by atoms with Gasteiger partial charge in [-0.2, -0.15) is 0 Å². The van der Waals surface area contributed by atoms with Gasteiger partial charge in [0.05, 0.1) is 19.8 Å². The molecule has 0 aromatic rings. The van der Waals surface area contributed by atoms with Crippen molar-refractivity contribution in [3.05, 3.63) is 0 Å². The number of nitrogens with one attached hydrogen (secondary N) is 1. The molecular formula is C9H19NO3. The van der Waals surface area contributed by atoms with Gasteiger partial charge in [-0.1, -0.05) is 0 Å². The van der Waals surface area contributed by atoms with Crippen LogP contribution in [0.15, 0.2) is 0 Å². The lowest BCUT2D eigenvalue weighted by molar-refractivity contribution is -0.0101. The summed E-state index contributed by atoms with van der Waals surface area (Å²) in [6, 6.07) is 0.481. The lowest BCUT2D eigenvalue weighted by atomic mass is 10.2. The molecule has 0 aromatic carbocycles. The van der Waals surface area contributed by atoms with Crippen molar-refractivity contribution >= 4 is 0 Å². The number of hydrogen-bond donors (Lipinski definition) is 2. The minimum atomic E-state index is -0.494. The van der Waals surface area contributed by atoms with Crippen molar-refractivity contribution < 1.29 is 14.6 Å². The SMILES string of the molecule is COCC(O)COCC1CCCN1. The largest absolute Gasteiger partial charge is 0.388 e. The van der Waals surface area contributed by atoms with Crippen LogP contribution in [0.4, 0.5) is 0 Å². The van der Waals surface area contributed by atoms with Crippen molar-refractivity contribution in [1.82, 2.24) is 5.32 Å². The zero-order valence-electron chi connectivity index (χ0n) is 8.16. The molecule has 1 aliphatic heterocycles. The monoisotopic (exact) mass is 189 g/mol. The van der Waals surface area contributed by atoms with Crippen LogP contribution in [0.3, 0.4) is 0 Å². The lowest BCUT2D eigenvalue weighted by Gasteiger charge is -2.13. The Kier molecular flexibility index (Phi) is 5.31. The maximum atomic E-state index is 9.25. The number of methoxy groups -OCH3 is 1. The van der Waals surface area contributed by atoms with E-state index in [9.17, 15) is 5.11 Å². The highest BCUT2D eigenvalue weighted by atomic mass is 16.5. The van der Waals surface area contributed by atoms with E-state index in [1.807, 2.05) is 0 Å². The van der Waals surface area contributed by atoms with Crippen molar-refractivity contribution in [3.8, 4) is 0 Å². The van der Waals surface area contributed by atoms with E-state index >= 15 is 0 Å². The fourth-order valence-corrected chi connectivity index (χ4v) is 1.49. The Hall–Kier alpha value is -0.160. The Morgan fingerprint density at radius 1 is 1.54 bits per heavy atom. The fraction of sp³-hybridized carbons (Fsp3) is 1.00. The van der Waals surface area contributed by atoms with Gasteiger partial charge >= 0.3 is 0 Å². The van der Waals surface area contributed by atoms with E-state index in [1.54, 1.807) is 7.11 Å². The predicted octanol–water partition coefficient (Wildman–Crippen LogP) is -0.238. The van der Waals surface area contributed by atoms with Gasteiger partial charge in [-0.15, -0.1) is 0 Å². The molecule has 4 heteroatoms. The predicted molar refractivity (Wildman–Crippen MR) is 49.7 cm³/mol. The summed E-state index contributed by atoms with van der Waals surface area (Å²) in [5.74, 6) is 0. The molecular weight excluding hydrogens is 170 g/mol. The van der Waals surface area contributed by atoms with Crippen LogP contribution in [0.5, 0.6) is 0 Å². The molecule has 1 heterocycles. The maximum Gasteiger partial charge on any atom is 0.101 e. The zero-order chi connectivity index (χ0) is 9.52. The van der Waals surface area contributed by atoms with E-state index in [0.717, 1.165) is 6.54 Å². The molecule has 1 aliphatic rings. The van der Waals surface area contributed by atoms with Crippen molar-refractivity contribution in [1.29, 1.82) is 0 Å². The highest BCUT2D eigenvalue weighted by Gasteiger charge is 2.14. The molecule has 0 spiro atoms. The third-order valence-corrected chi connectivity index (χ3v) is 2.15. The Bertz CT molecular complexity index is 126. The van der Waals surface area contributed by atoms with E-state index in [2.05, 4.69) is 5.32 Å². The second kappa shape index (κ2) is 6.32. The van der Waals surface area contributed by atoms with Crippen molar-refractivity contribution in [2.45, 2.75) is 25.0 Å². The Labute approximate surface area is 79.2 Å². The van der Waals surface area contributed by atoms with Gasteiger partial charge < -0.3 is 19.9 Å². The van der Waals surface area contributed by atoms with Crippen LogP contribution in [-0.2, 0) is 9.47 Å². The Balaban J connectivity index is 1.93. The molecule has 0 amide bonds. The van der Waals surface area contributed by atoms with Crippen LogP contribution < -0.4 is 5.32 Å². The Morgan fingerprint density at radius 2 is 2.38 bits per heavy atom. The van der Waals surface area contributed by atoms with Crippen LogP contribution in [-0.4, -0.2) is 50.7 Å². The van der Waals surface area contributed by atoms with Gasteiger partial charge in [0.15, 0.2) is 0 Å². The number of ether oxygens (including phenoxy) is 2. The van der Waals surface area contributed by atoms with Gasteiger partial charge in [-0.3, -0.25) is 0 Å². The van der Waals surface area contributed by atoms with Gasteiger partial charge in [0.1, 0.15) is 6.10 Å². The van der Waals surface area contributed by atoms with Crippen LogP contribution >= 0.6 is 0 Å². The van der Waals surface area contributed by atoms with Crippen LogP contribution in [0.25, 0.3) is 0 Å². The van der Waals surface area contributed by atoms with Gasteiger partial charge in [0.25, 0.3) is 0 Å². The summed E-state index contributed by atoms with van der Waals surface area (Å²) in [5.41, 5.74) is 0. The molecule has 1 rings (SSSR count). The van der Waals surface area contributed by atoms with E-state index < -0.39 is 6.10 Å². The van der Waals surface area contributed by atoms with E-state index in [1.165, 1.54) is 12.8 Å². The minimum Gasteiger partial charge on any atom is -0.388 e. The summed E-state index contributed by atoms with van der Waals surface area (Å²) in [6.07, 6.45) is 1.92. The fourth-order valence-electron chi connectivity index (χ4n) is 1.49. The van der Waals surface area contributed by atoms with Gasteiger partial charge in [-0.25, -0.2) is 0 Å². The molecule has 0 bridgehead atoms. The summed E-state index contributed by atoms with van der Waals surface area (Å²) < 4.78 is 10.1. The molecule has 13 heavy (non-hydrogen) atoms. The van der Waals surface area contributed by atoms with Crippen molar-refractivity contribution in [3.63, 3.8) is 0 Å². The zero-order valence-corrected chi connectivity index (χ0v) is 8.16. The normalized spacial score (nSPS) is 24.9. The number of aliphatic hydroxyl groups is 1. The van der Waals surface area contributed by atoms with Crippen LogP contribution in [0, 0.1) is 0 Å². The minimum absolute atomic E-state index is 0.345. The highest BCUT2D eigenvalue weighted by molar-refractivity contribution is 4.73. The van der Waals surface area contributed by atoms with Gasteiger partial charge in [-0.05, 0) is 19.4 Å². The molecule has 2 atom stereocenters. The summed E-state index contributed by atoms with van der Waals surface area (Å²) in [4.78, 5) is 0. The number of rotatable bonds is 6. The highest BCUT2D eigenvalue weighted by Crippen LogP contribution is 2.04. The standard InChI is InChI=1S/C9H19NO3/c1-12-6-9(11)7-13-5-8-3-2-4-10-8/h8-11H,2-7H2,1H3. The van der Waals surface area contributed by atoms with Crippen LogP contribution in [0.1, 0.15) is 12.8 Å². The van der Waals surface area contributed by atoms with Crippen LogP contribution in [0.2, 0.25) is 0 Å². The van der Waals surface area contributed by atoms with Crippen molar-refractivity contribution in [2.24, 2.45) is 0 Å². The first-order valence-corrected chi connectivity index (χ1v) is 4.81. The van der Waals surface area contributed by atoms with Crippen molar-refractivity contribution in [2.75, 3.05) is 33.5 Å². The molecule has 78 valence electrons. The third-order valence-electron chi connectivity index (χ3n) is 2.15. The maximum absolute atomic E-state index is 9.25. The Morgan fingerprint density at radius 3 is 3.00 bits per heavy atom. The molecule has 0 radical (unpaired) electrons. The van der Waals surface area contributed by atoms with E-state index in [4.69, 9.17) is 9.47 Å². The average Bonchev–Trinajstić information content (AvgIpc) is 2.57. The first-order valence-electron chi connectivity index (χ1n) is 4.81. The van der Waals surface area contributed by atoms with Gasteiger partial charge in [0.2, 0.25) is 0 Å². The molecule has 4 nitrogen and oxygen atoms in total. The molecule has 2 unspecified atom stereocenters. The molecule has 1 fully saturated rings. The average molecular weight is 189 g/mol. The van der Waals surface area contributed by atoms with E-state index in [0.29, 0.717) is 25.9 Å². The summed E-state index contributed by atoms with van der Waals surface area (Å²) >= 11 is 0. The number of hydrogen-bond acceptors (Lipinski definition) is 4. The quantitative estimate of drug-likeness (QED) is 0.605. The first-order chi connectivity index (χ1) is 6.33. The van der Waals surface area contributed by atoms with E-state index in [-0.39, 0.29) is 0 Å². The second-order valence-corrected chi connectivity index (χ2v) is 3.44. The topological polar surface area (TPSA) is 50.7 Å². The third kappa shape index (κ3) is 4.57. The molecule has 0 saturated carbocycles. The molecule has 0 aromatic heterocycles. The summed E-state index contributed by atoms with van der Waals surface area (Å²) in [7, 11) is 1.57. The lowest BCUT2D eigenvalue weighted by Crippen LogP contribution is -2.29. The molecule has 0 aliphatic carbocycles. The smallest absolute Gasteiger partial charge is 0.101 e.